The second kappa shape index (κ2) is 7.55. The summed E-state index contributed by atoms with van der Waals surface area (Å²) in [6, 6.07) is 7.58. The molecule has 0 fully saturated rings. The Morgan fingerprint density at radius 3 is 2.56 bits per heavy atom. The van der Waals surface area contributed by atoms with Crippen LogP contribution in [0.5, 0.6) is 0 Å². The number of benzene rings is 1. The van der Waals surface area contributed by atoms with Crippen molar-refractivity contribution < 1.29 is 14.3 Å². The molecule has 5 nitrogen and oxygen atoms in total. The largest absolute Gasteiger partial charge is 0.467 e. The normalized spacial score (nSPS) is 11.4. The molecule has 2 N–H and O–H groups in total. The van der Waals surface area contributed by atoms with Crippen molar-refractivity contribution >= 4 is 23.6 Å². The van der Waals surface area contributed by atoms with E-state index in [1.54, 1.807) is 24.3 Å². The Labute approximate surface area is 110 Å². The van der Waals surface area contributed by atoms with Crippen LogP contribution in [0.1, 0.15) is 11.6 Å². The zero-order valence-electron chi connectivity index (χ0n) is 9.98. The third-order valence-corrected chi connectivity index (χ3v) is 2.41. The second-order valence-corrected chi connectivity index (χ2v) is 3.83. The molecule has 1 aromatic carbocycles. The van der Waals surface area contributed by atoms with Crippen molar-refractivity contribution in [3.05, 3.63) is 35.9 Å². The number of hydrogen-bond donors (Lipinski definition) is 2. The molecule has 0 aliphatic rings. The topological polar surface area (TPSA) is 67.4 Å². The number of esters is 1. The number of carbonyl (C=O) groups excluding carboxylic acids is 2. The second-order valence-electron chi connectivity index (χ2n) is 3.46. The van der Waals surface area contributed by atoms with Crippen LogP contribution in [0, 0.1) is 0 Å². The first-order valence-electron chi connectivity index (χ1n) is 5.42. The van der Waals surface area contributed by atoms with E-state index in [4.69, 9.17) is 11.6 Å². The first-order chi connectivity index (χ1) is 8.69. The van der Waals surface area contributed by atoms with Gasteiger partial charge in [0.1, 0.15) is 0 Å². The van der Waals surface area contributed by atoms with Gasteiger partial charge in [0, 0.05) is 12.4 Å². The zero-order chi connectivity index (χ0) is 13.4. The van der Waals surface area contributed by atoms with Gasteiger partial charge < -0.3 is 15.4 Å². The Bertz CT molecular complexity index is 398. The van der Waals surface area contributed by atoms with E-state index in [1.165, 1.54) is 7.11 Å². The van der Waals surface area contributed by atoms with Gasteiger partial charge in [0.25, 0.3) is 0 Å². The van der Waals surface area contributed by atoms with Crippen molar-refractivity contribution in [3.63, 3.8) is 0 Å². The van der Waals surface area contributed by atoms with E-state index in [1.807, 2.05) is 6.07 Å². The minimum atomic E-state index is -0.827. The lowest BCUT2D eigenvalue weighted by Crippen LogP contribution is -2.41. The number of amides is 2. The molecule has 0 aliphatic heterocycles. The summed E-state index contributed by atoms with van der Waals surface area (Å²) in [7, 11) is 1.27. The Morgan fingerprint density at radius 2 is 2.00 bits per heavy atom. The molecule has 0 saturated carbocycles. The first kappa shape index (κ1) is 14.3. The van der Waals surface area contributed by atoms with Crippen LogP contribution in [0.15, 0.2) is 30.3 Å². The Hall–Kier alpha value is -1.75. The smallest absolute Gasteiger partial charge is 0.333 e. The highest BCUT2D eigenvalue weighted by Gasteiger charge is 2.22. The summed E-state index contributed by atoms with van der Waals surface area (Å²) in [5, 5.41) is 5.06. The monoisotopic (exact) mass is 270 g/mol. The van der Waals surface area contributed by atoms with Crippen molar-refractivity contribution in [3.8, 4) is 0 Å². The zero-order valence-corrected chi connectivity index (χ0v) is 10.7. The Balaban J connectivity index is 2.74. The SMILES string of the molecule is COC(=O)C(NC(=O)NCCCl)c1ccccc1. The molecule has 0 saturated heterocycles. The molecule has 2 amide bonds. The number of urea groups is 1. The Morgan fingerprint density at radius 1 is 1.33 bits per heavy atom. The average molecular weight is 271 g/mol. The highest BCUT2D eigenvalue weighted by Crippen LogP contribution is 2.13. The molecule has 98 valence electrons. The molecule has 0 aliphatic carbocycles. The fraction of sp³-hybridized carbons (Fsp3) is 0.333. The number of alkyl halides is 1. The number of ether oxygens (including phenoxy) is 1. The molecule has 0 radical (unpaired) electrons. The van der Waals surface area contributed by atoms with Crippen molar-refractivity contribution in [1.82, 2.24) is 10.6 Å². The maximum Gasteiger partial charge on any atom is 0.333 e. The molecule has 1 atom stereocenters. The highest BCUT2D eigenvalue weighted by atomic mass is 35.5. The standard InChI is InChI=1S/C12H15ClN2O3/c1-18-11(16)10(9-5-3-2-4-6-9)15-12(17)14-8-7-13/h2-6,10H,7-8H2,1H3,(H2,14,15,17). The molecule has 0 bridgehead atoms. The number of rotatable bonds is 5. The lowest BCUT2D eigenvalue weighted by atomic mass is 10.1. The van der Waals surface area contributed by atoms with Crippen molar-refractivity contribution in [2.45, 2.75) is 6.04 Å². The number of nitrogens with one attached hydrogen (secondary N) is 2. The van der Waals surface area contributed by atoms with Gasteiger partial charge in [0.05, 0.1) is 7.11 Å². The summed E-state index contributed by atoms with van der Waals surface area (Å²) in [5.74, 6) is -0.219. The van der Waals surface area contributed by atoms with Crippen molar-refractivity contribution in [2.75, 3.05) is 19.5 Å². The minimum Gasteiger partial charge on any atom is -0.467 e. The van der Waals surface area contributed by atoms with Crippen LogP contribution in [0.4, 0.5) is 4.79 Å². The lowest BCUT2D eigenvalue weighted by Gasteiger charge is -2.17. The van der Waals surface area contributed by atoms with Crippen LogP contribution >= 0.6 is 11.6 Å². The summed E-state index contributed by atoms with van der Waals surface area (Å²) in [6.45, 7) is 0.329. The molecule has 0 heterocycles. The van der Waals surface area contributed by atoms with E-state index in [0.29, 0.717) is 18.0 Å². The predicted octanol–water partition coefficient (Wildman–Crippen LogP) is 1.44. The van der Waals surface area contributed by atoms with Gasteiger partial charge in [-0.1, -0.05) is 30.3 Å². The van der Waals surface area contributed by atoms with E-state index in [0.717, 1.165) is 0 Å². The predicted molar refractivity (Wildman–Crippen MR) is 68.5 cm³/mol. The van der Waals surface area contributed by atoms with Gasteiger partial charge in [0.2, 0.25) is 0 Å². The van der Waals surface area contributed by atoms with Crippen LogP contribution in [0.2, 0.25) is 0 Å². The number of hydrogen-bond acceptors (Lipinski definition) is 3. The van der Waals surface area contributed by atoms with E-state index in [-0.39, 0.29) is 0 Å². The van der Waals surface area contributed by atoms with Crippen molar-refractivity contribution in [1.29, 1.82) is 0 Å². The summed E-state index contributed by atoms with van der Waals surface area (Å²) in [4.78, 5) is 23.1. The maximum absolute atomic E-state index is 11.6. The maximum atomic E-state index is 11.6. The van der Waals surface area contributed by atoms with Gasteiger partial charge in [-0.2, -0.15) is 0 Å². The third kappa shape index (κ3) is 4.25. The van der Waals surface area contributed by atoms with Gasteiger partial charge in [-0.3, -0.25) is 0 Å². The van der Waals surface area contributed by atoms with Gasteiger partial charge in [-0.05, 0) is 5.56 Å². The molecule has 1 rings (SSSR count). The summed E-state index contributed by atoms with van der Waals surface area (Å²) >= 11 is 5.45. The average Bonchev–Trinajstić information content (AvgIpc) is 2.42. The molecular formula is C12H15ClN2O3. The fourth-order valence-corrected chi connectivity index (χ4v) is 1.48. The van der Waals surface area contributed by atoms with Gasteiger partial charge >= 0.3 is 12.0 Å². The summed E-state index contributed by atoms with van der Waals surface area (Å²) in [5.41, 5.74) is 0.658. The molecule has 6 heteroatoms. The third-order valence-electron chi connectivity index (χ3n) is 2.23. The summed E-state index contributed by atoms with van der Waals surface area (Å²) < 4.78 is 4.66. The number of carbonyl (C=O) groups is 2. The van der Waals surface area contributed by atoms with Crippen LogP contribution in [0.3, 0.4) is 0 Å². The van der Waals surface area contributed by atoms with E-state index >= 15 is 0 Å². The van der Waals surface area contributed by atoms with Gasteiger partial charge in [-0.15, -0.1) is 11.6 Å². The molecule has 1 unspecified atom stereocenters. The molecular weight excluding hydrogens is 256 g/mol. The van der Waals surface area contributed by atoms with E-state index in [2.05, 4.69) is 15.4 Å². The van der Waals surface area contributed by atoms with Crippen LogP contribution in [0.25, 0.3) is 0 Å². The highest BCUT2D eigenvalue weighted by molar-refractivity contribution is 6.18. The number of methoxy groups -OCH3 is 1. The molecule has 1 aromatic rings. The van der Waals surface area contributed by atoms with E-state index in [9.17, 15) is 9.59 Å². The first-order valence-corrected chi connectivity index (χ1v) is 5.95. The lowest BCUT2D eigenvalue weighted by molar-refractivity contribution is -0.143. The van der Waals surface area contributed by atoms with Crippen LogP contribution in [-0.2, 0) is 9.53 Å². The fourth-order valence-electron chi connectivity index (χ4n) is 1.38. The minimum absolute atomic E-state index is 0.307. The molecule has 18 heavy (non-hydrogen) atoms. The Kier molecular flexibility index (Phi) is 6.00. The summed E-state index contributed by atoms with van der Waals surface area (Å²) in [6.07, 6.45) is 0. The van der Waals surface area contributed by atoms with Crippen LogP contribution < -0.4 is 10.6 Å². The van der Waals surface area contributed by atoms with Crippen molar-refractivity contribution in [2.24, 2.45) is 0 Å². The van der Waals surface area contributed by atoms with Crippen LogP contribution in [-0.4, -0.2) is 31.5 Å². The molecule has 0 aromatic heterocycles. The van der Waals surface area contributed by atoms with Gasteiger partial charge in [-0.25, -0.2) is 9.59 Å². The van der Waals surface area contributed by atoms with E-state index < -0.39 is 18.0 Å². The van der Waals surface area contributed by atoms with Gasteiger partial charge in [0.15, 0.2) is 6.04 Å². The number of halogens is 1. The molecule has 0 spiro atoms. The quantitative estimate of drug-likeness (QED) is 0.628.